The lowest BCUT2D eigenvalue weighted by atomic mass is 10.2. The van der Waals surface area contributed by atoms with E-state index in [0.29, 0.717) is 23.7 Å². The Morgan fingerprint density at radius 2 is 1.82 bits per heavy atom. The van der Waals surface area contributed by atoms with Crippen LogP contribution in [0.2, 0.25) is 5.02 Å². The van der Waals surface area contributed by atoms with Crippen molar-refractivity contribution in [1.29, 1.82) is 0 Å². The van der Waals surface area contributed by atoms with Crippen molar-refractivity contribution >= 4 is 33.2 Å². The molecule has 1 fully saturated rings. The minimum Gasteiger partial charge on any atom is -0.354 e. The molecule has 0 aromatic heterocycles. The van der Waals surface area contributed by atoms with Crippen LogP contribution in [0.4, 0.5) is 5.69 Å². The van der Waals surface area contributed by atoms with Crippen LogP contribution in [0.1, 0.15) is 19.8 Å². The Labute approximate surface area is 173 Å². The summed E-state index contributed by atoms with van der Waals surface area (Å²) in [6.07, 6.45) is 2.33. The maximum absolute atomic E-state index is 12.7. The molecular weight excluding hydrogens is 400 g/mol. The fourth-order valence-corrected chi connectivity index (χ4v) is 4.69. The normalized spacial score (nSPS) is 17.3. The van der Waals surface area contributed by atoms with Gasteiger partial charge in [0.05, 0.1) is 11.9 Å². The molecule has 2 rings (SSSR count). The molecule has 0 bridgehead atoms. The van der Waals surface area contributed by atoms with Crippen LogP contribution < -0.4 is 9.62 Å². The van der Waals surface area contributed by atoms with Crippen LogP contribution >= 0.6 is 11.6 Å². The van der Waals surface area contributed by atoms with E-state index in [1.807, 2.05) is 6.92 Å². The zero-order valence-corrected chi connectivity index (χ0v) is 18.5. The van der Waals surface area contributed by atoms with Gasteiger partial charge in [0, 0.05) is 37.7 Å². The molecular formula is C19H31ClN4O3S. The first-order chi connectivity index (χ1) is 13.2. The van der Waals surface area contributed by atoms with E-state index in [9.17, 15) is 13.2 Å². The fourth-order valence-electron chi connectivity index (χ4n) is 3.35. The number of rotatable bonds is 9. The molecule has 0 saturated carbocycles. The summed E-state index contributed by atoms with van der Waals surface area (Å²) in [7, 11) is -1.50. The Hall–Kier alpha value is -1.35. The molecule has 1 aromatic carbocycles. The van der Waals surface area contributed by atoms with Crippen LogP contribution in [0.5, 0.6) is 0 Å². The van der Waals surface area contributed by atoms with Crippen molar-refractivity contribution < 1.29 is 13.2 Å². The van der Waals surface area contributed by atoms with Crippen molar-refractivity contribution in [3.05, 3.63) is 29.3 Å². The minimum absolute atomic E-state index is 0.277. The average Bonchev–Trinajstić information content (AvgIpc) is 2.64. The van der Waals surface area contributed by atoms with Gasteiger partial charge in [-0.1, -0.05) is 18.5 Å². The molecule has 1 aliphatic heterocycles. The highest BCUT2D eigenvalue weighted by Gasteiger charge is 2.31. The summed E-state index contributed by atoms with van der Waals surface area (Å²) in [6, 6.07) is 5.69. The molecule has 1 amide bonds. The van der Waals surface area contributed by atoms with E-state index in [1.165, 1.54) is 4.31 Å². The SMILES string of the molecule is CCC(C(=O)NCCCN1CCN(C)CC1)N(c1ccc(Cl)cc1)S(C)(=O)=O. The van der Waals surface area contributed by atoms with E-state index in [4.69, 9.17) is 11.6 Å². The average molecular weight is 431 g/mol. The molecule has 1 saturated heterocycles. The van der Waals surface area contributed by atoms with Gasteiger partial charge < -0.3 is 15.1 Å². The van der Waals surface area contributed by atoms with Gasteiger partial charge in [-0.25, -0.2) is 8.42 Å². The Morgan fingerprint density at radius 1 is 1.21 bits per heavy atom. The lowest BCUT2D eigenvalue weighted by Crippen LogP contribution is -2.50. The first-order valence-electron chi connectivity index (χ1n) is 9.66. The van der Waals surface area contributed by atoms with Gasteiger partial charge in [0.15, 0.2) is 0 Å². The number of anilines is 1. The largest absolute Gasteiger partial charge is 0.354 e. The lowest BCUT2D eigenvalue weighted by Gasteiger charge is -2.32. The van der Waals surface area contributed by atoms with Gasteiger partial charge in [-0.3, -0.25) is 9.10 Å². The second kappa shape index (κ2) is 10.4. The topological polar surface area (TPSA) is 73.0 Å². The molecule has 1 atom stereocenters. The van der Waals surface area contributed by atoms with Crippen molar-refractivity contribution in [2.75, 3.05) is 56.9 Å². The van der Waals surface area contributed by atoms with Gasteiger partial charge in [0.2, 0.25) is 15.9 Å². The van der Waals surface area contributed by atoms with Crippen molar-refractivity contribution in [3.8, 4) is 0 Å². The molecule has 7 nitrogen and oxygen atoms in total. The molecule has 1 N–H and O–H groups in total. The van der Waals surface area contributed by atoms with Gasteiger partial charge >= 0.3 is 0 Å². The van der Waals surface area contributed by atoms with E-state index in [-0.39, 0.29) is 5.91 Å². The summed E-state index contributed by atoms with van der Waals surface area (Å²) < 4.78 is 26.0. The summed E-state index contributed by atoms with van der Waals surface area (Å²) >= 11 is 5.91. The number of amides is 1. The summed E-state index contributed by atoms with van der Waals surface area (Å²) in [5.74, 6) is -0.277. The van der Waals surface area contributed by atoms with Crippen LogP contribution in [-0.4, -0.2) is 82.7 Å². The smallest absolute Gasteiger partial charge is 0.243 e. The number of carbonyl (C=O) groups is 1. The number of benzene rings is 1. The van der Waals surface area contributed by atoms with E-state index < -0.39 is 16.1 Å². The summed E-state index contributed by atoms with van der Waals surface area (Å²) in [4.78, 5) is 17.4. The van der Waals surface area contributed by atoms with Crippen molar-refractivity contribution in [3.63, 3.8) is 0 Å². The van der Waals surface area contributed by atoms with Gasteiger partial charge in [-0.05, 0) is 50.7 Å². The number of piperazine rings is 1. The summed E-state index contributed by atoms with van der Waals surface area (Å²) in [5.41, 5.74) is 0.436. The van der Waals surface area contributed by atoms with Gasteiger partial charge in [-0.2, -0.15) is 0 Å². The molecule has 1 heterocycles. The van der Waals surface area contributed by atoms with Crippen molar-refractivity contribution in [2.24, 2.45) is 0 Å². The quantitative estimate of drug-likeness (QED) is 0.603. The Bertz CT molecular complexity index is 734. The molecule has 28 heavy (non-hydrogen) atoms. The Balaban J connectivity index is 1.95. The second-order valence-corrected chi connectivity index (χ2v) is 9.54. The monoisotopic (exact) mass is 430 g/mol. The first-order valence-corrected chi connectivity index (χ1v) is 11.9. The zero-order valence-electron chi connectivity index (χ0n) is 16.9. The van der Waals surface area contributed by atoms with Gasteiger partial charge in [0.1, 0.15) is 6.04 Å². The number of halogens is 1. The van der Waals surface area contributed by atoms with Crippen LogP contribution in [-0.2, 0) is 14.8 Å². The molecule has 1 unspecified atom stereocenters. The molecule has 1 aromatic rings. The number of hydrogen-bond donors (Lipinski definition) is 1. The Kier molecular flexibility index (Phi) is 8.55. The third-order valence-corrected chi connectivity index (χ3v) is 6.39. The third-order valence-electron chi connectivity index (χ3n) is 4.96. The molecule has 9 heteroatoms. The number of nitrogens with zero attached hydrogens (tertiary/aromatic N) is 3. The molecule has 0 spiro atoms. The predicted molar refractivity (Wildman–Crippen MR) is 114 cm³/mol. The number of carbonyl (C=O) groups excluding carboxylic acids is 1. The maximum atomic E-state index is 12.7. The highest BCUT2D eigenvalue weighted by Crippen LogP contribution is 2.24. The van der Waals surface area contributed by atoms with E-state index in [1.54, 1.807) is 24.3 Å². The van der Waals surface area contributed by atoms with Crippen LogP contribution in [0, 0.1) is 0 Å². The minimum atomic E-state index is -3.62. The van der Waals surface area contributed by atoms with Crippen molar-refractivity contribution in [1.82, 2.24) is 15.1 Å². The lowest BCUT2D eigenvalue weighted by molar-refractivity contribution is -0.122. The summed E-state index contributed by atoms with van der Waals surface area (Å²) in [6.45, 7) is 7.48. The van der Waals surface area contributed by atoms with E-state index in [2.05, 4.69) is 22.2 Å². The van der Waals surface area contributed by atoms with Gasteiger partial charge in [0.25, 0.3) is 0 Å². The highest BCUT2D eigenvalue weighted by atomic mass is 35.5. The summed E-state index contributed by atoms with van der Waals surface area (Å²) in [5, 5.41) is 3.42. The standard InChI is InChI=1S/C19H31ClN4O3S/c1-4-18(24(28(3,26)27)17-8-6-16(20)7-9-17)19(25)21-10-5-11-23-14-12-22(2)13-15-23/h6-9,18H,4-5,10-15H2,1-3H3,(H,21,25). The molecule has 0 aliphatic carbocycles. The number of likely N-dealkylation sites (N-methyl/N-ethyl adjacent to an activating group) is 1. The maximum Gasteiger partial charge on any atom is 0.243 e. The number of hydrogen-bond acceptors (Lipinski definition) is 5. The second-order valence-electron chi connectivity index (χ2n) is 7.25. The predicted octanol–water partition coefficient (Wildman–Crippen LogP) is 1.64. The van der Waals surface area contributed by atoms with Crippen LogP contribution in [0.15, 0.2) is 24.3 Å². The number of nitrogens with one attached hydrogen (secondary N) is 1. The van der Waals surface area contributed by atoms with Crippen molar-refractivity contribution in [2.45, 2.75) is 25.8 Å². The van der Waals surface area contributed by atoms with Crippen LogP contribution in [0.25, 0.3) is 0 Å². The number of sulfonamides is 1. The fraction of sp³-hybridized carbons (Fsp3) is 0.632. The zero-order chi connectivity index (χ0) is 20.7. The highest BCUT2D eigenvalue weighted by molar-refractivity contribution is 7.92. The van der Waals surface area contributed by atoms with Gasteiger partial charge in [-0.15, -0.1) is 0 Å². The Morgan fingerprint density at radius 3 is 2.36 bits per heavy atom. The molecule has 1 aliphatic rings. The third kappa shape index (κ3) is 6.62. The molecule has 0 radical (unpaired) electrons. The first kappa shape index (κ1) is 22.9. The van der Waals surface area contributed by atoms with E-state index in [0.717, 1.165) is 45.4 Å². The molecule has 158 valence electrons. The van der Waals surface area contributed by atoms with Crippen LogP contribution in [0.3, 0.4) is 0 Å². The van der Waals surface area contributed by atoms with E-state index >= 15 is 0 Å².